The van der Waals surface area contributed by atoms with Gasteiger partial charge >= 0.3 is 0 Å². The molecule has 2 aromatic heterocycles. The average Bonchev–Trinajstić information content (AvgIpc) is 3.84. The number of anilines is 2. The summed E-state index contributed by atoms with van der Waals surface area (Å²) in [5.41, 5.74) is 6.10. The number of amides is 2. The normalized spacial score (nSPS) is 14.1. The maximum absolute atomic E-state index is 13.9. The van der Waals surface area contributed by atoms with Crippen molar-refractivity contribution in [2.24, 2.45) is 0 Å². The Bertz CT molecular complexity index is 2160. The minimum absolute atomic E-state index is 0.0574. The fourth-order valence-electron chi connectivity index (χ4n) is 6.19. The minimum Gasteiger partial charge on any atom is -0.507 e. The van der Waals surface area contributed by atoms with Crippen LogP contribution in [0.1, 0.15) is 37.9 Å². The SMILES string of the molecule is Cc1cccc2c(O)cc3c(c12)C(CCl)CN3C(=O)c1ccc2nc(-c3ccc(NC(=O)c4cn(CCOCCO)nn4)cc3)[nH]c2c1. The van der Waals surface area contributed by atoms with Gasteiger partial charge in [-0.2, -0.15) is 0 Å². The topological polar surface area (TPSA) is 158 Å². The molecule has 0 radical (unpaired) electrons. The van der Waals surface area contributed by atoms with Gasteiger partial charge in [0.05, 0.1) is 49.3 Å². The molecular weight excluding hydrogens is 634 g/mol. The molecule has 0 bridgehead atoms. The fourth-order valence-corrected chi connectivity index (χ4v) is 6.45. The van der Waals surface area contributed by atoms with E-state index in [1.807, 2.05) is 37.3 Å². The number of phenolic OH excluding ortho intramolecular Hbond substituents is 1. The Morgan fingerprint density at radius 3 is 2.73 bits per heavy atom. The van der Waals surface area contributed by atoms with E-state index in [0.29, 0.717) is 59.4 Å². The number of fused-ring (bicyclic) bond motifs is 4. The van der Waals surface area contributed by atoms with Crippen LogP contribution in [-0.4, -0.2) is 79.2 Å². The van der Waals surface area contributed by atoms with E-state index in [9.17, 15) is 14.7 Å². The van der Waals surface area contributed by atoms with Crippen LogP contribution >= 0.6 is 11.6 Å². The largest absolute Gasteiger partial charge is 0.507 e. The van der Waals surface area contributed by atoms with Crippen molar-refractivity contribution in [2.75, 3.05) is 42.5 Å². The molecule has 12 nitrogen and oxygen atoms in total. The summed E-state index contributed by atoms with van der Waals surface area (Å²) >= 11 is 6.42. The Morgan fingerprint density at radius 1 is 1.10 bits per heavy atom. The molecule has 6 aromatic rings. The number of nitrogens with one attached hydrogen (secondary N) is 2. The third-order valence-corrected chi connectivity index (χ3v) is 8.89. The fraction of sp³-hybridized carbons (Fsp3) is 0.229. The number of aliphatic hydroxyl groups excluding tert-OH is 1. The molecule has 2 amide bonds. The Kier molecular flexibility index (Phi) is 8.52. The first-order valence-corrected chi connectivity index (χ1v) is 16.0. The third kappa shape index (κ3) is 5.85. The van der Waals surface area contributed by atoms with Crippen molar-refractivity contribution in [1.82, 2.24) is 25.0 Å². The van der Waals surface area contributed by atoms with Crippen LogP contribution in [0.2, 0.25) is 0 Å². The zero-order valence-corrected chi connectivity index (χ0v) is 26.7. The van der Waals surface area contributed by atoms with E-state index in [0.717, 1.165) is 27.5 Å². The first-order chi connectivity index (χ1) is 23.3. The van der Waals surface area contributed by atoms with Gasteiger partial charge in [-0.15, -0.1) is 16.7 Å². The second kappa shape index (κ2) is 13.1. The maximum atomic E-state index is 13.9. The number of carbonyl (C=O) groups excluding carboxylic acids is 2. The molecule has 4 aromatic carbocycles. The van der Waals surface area contributed by atoms with Crippen LogP contribution in [0.4, 0.5) is 11.4 Å². The summed E-state index contributed by atoms with van der Waals surface area (Å²) < 4.78 is 6.72. The Labute approximate surface area is 279 Å². The van der Waals surface area contributed by atoms with Crippen molar-refractivity contribution < 1.29 is 24.5 Å². The van der Waals surface area contributed by atoms with E-state index < -0.39 is 5.91 Å². The molecule has 0 saturated carbocycles. The number of ether oxygens (including phenoxy) is 1. The molecular formula is C35H32ClN7O5. The summed E-state index contributed by atoms with van der Waals surface area (Å²) in [6, 6.07) is 20.0. The summed E-state index contributed by atoms with van der Waals surface area (Å²) in [6.45, 7) is 3.35. The molecule has 0 fully saturated rings. The number of alkyl halides is 1. The van der Waals surface area contributed by atoms with Gasteiger partial charge in [0.15, 0.2) is 5.69 Å². The van der Waals surface area contributed by atoms with Crippen LogP contribution in [0, 0.1) is 6.92 Å². The molecule has 1 atom stereocenters. The number of aromatic nitrogens is 5. The second-order valence-corrected chi connectivity index (χ2v) is 12.0. The van der Waals surface area contributed by atoms with Crippen molar-refractivity contribution in [3.05, 3.63) is 95.3 Å². The lowest BCUT2D eigenvalue weighted by Crippen LogP contribution is -2.30. The summed E-state index contributed by atoms with van der Waals surface area (Å²) in [6.07, 6.45) is 1.53. The monoisotopic (exact) mass is 665 g/mol. The van der Waals surface area contributed by atoms with Gasteiger partial charge in [0.25, 0.3) is 11.8 Å². The van der Waals surface area contributed by atoms with Crippen molar-refractivity contribution in [3.8, 4) is 17.1 Å². The number of nitrogens with zero attached hydrogens (tertiary/aromatic N) is 5. The zero-order valence-electron chi connectivity index (χ0n) is 26.0. The van der Waals surface area contributed by atoms with Crippen LogP contribution in [-0.2, 0) is 11.3 Å². The van der Waals surface area contributed by atoms with Crippen LogP contribution in [0.15, 0.2) is 72.9 Å². The lowest BCUT2D eigenvalue weighted by Gasteiger charge is -2.19. The smallest absolute Gasteiger partial charge is 0.277 e. The standard InChI is InChI=1S/C35H32ClN7O5/c1-20-3-2-4-25-30(45)16-29-32(31(20)25)23(17-36)18-43(29)35(47)22-7-10-26-27(15-22)39-33(38-26)21-5-8-24(9-6-21)37-34(46)28-19-42(41-40-28)11-13-48-14-12-44/h2-10,15-16,19,23,44-45H,11-14,17-18H2,1H3,(H,37,46)(H,38,39). The molecule has 0 aliphatic carbocycles. The van der Waals surface area contributed by atoms with E-state index in [1.165, 1.54) is 10.9 Å². The van der Waals surface area contributed by atoms with Gasteiger partial charge in [-0.25, -0.2) is 9.67 Å². The molecule has 1 aliphatic rings. The Morgan fingerprint density at radius 2 is 1.94 bits per heavy atom. The number of halogens is 1. The maximum Gasteiger partial charge on any atom is 0.277 e. The number of aryl methyl sites for hydroxylation is 1. The third-order valence-electron chi connectivity index (χ3n) is 8.52. The molecule has 0 saturated heterocycles. The Balaban J connectivity index is 1.07. The number of H-pyrrole nitrogens is 1. The summed E-state index contributed by atoms with van der Waals surface area (Å²) in [5.74, 6) is 0.429. The number of benzene rings is 4. The molecule has 7 rings (SSSR count). The number of aromatic amines is 1. The van der Waals surface area contributed by atoms with Crippen molar-refractivity contribution in [1.29, 1.82) is 0 Å². The highest BCUT2D eigenvalue weighted by atomic mass is 35.5. The van der Waals surface area contributed by atoms with Crippen LogP contribution in [0.25, 0.3) is 33.2 Å². The number of carbonyl (C=O) groups is 2. The van der Waals surface area contributed by atoms with E-state index >= 15 is 0 Å². The van der Waals surface area contributed by atoms with Gasteiger partial charge in [0.2, 0.25) is 0 Å². The van der Waals surface area contributed by atoms with Crippen LogP contribution in [0.3, 0.4) is 0 Å². The molecule has 0 spiro atoms. The number of rotatable bonds is 10. The number of phenols is 1. The number of hydrogen-bond acceptors (Lipinski definition) is 8. The van der Waals surface area contributed by atoms with Gasteiger partial charge in [0, 0.05) is 46.6 Å². The van der Waals surface area contributed by atoms with Crippen molar-refractivity contribution >= 4 is 56.6 Å². The van der Waals surface area contributed by atoms with E-state index in [1.54, 1.807) is 41.3 Å². The minimum atomic E-state index is -0.400. The van der Waals surface area contributed by atoms with E-state index in [-0.39, 0.29) is 36.5 Å². The highest BCUT2D eigenvalue weighted by Gasteiger charge is 2.35. The predicted octanol–water partition coefficient (Wildman–Crippen LogP) is 5.23. The van der Waals surface area contributed by atoms with E-state index in [4.69, 9.17) is 26.4 Å². The molecule has 244 valence electrons. The van der Waals surface area contributed by atoms with Gasteiger partial charge in [-0.1, -0.05) is 23.4 Å². The summed E-state index contributed by atoms with van der Waals surface area (Å²) in [5, 5.41) is 32.0. The molecule has 1 aliphatic heterocycles. The van der Waals surface area contributed by atoms with Gasteiger partial charge in [-0.3, -0.25) is 9.59 Å². The molecule has 3 heterocycles. The average molecular weight is 666 g/mol. The lowest BCUT2D eigenvalue weighted by molar-refractivity contribution is 0.0851. The molecule has 48 heavy (non-hydrogen) atoms. The van der Waals surface area contributed by atoms with Crippen molar-refractivity contribution in [3.63, 3.8) is 0 Å². The number of aromatic hydroxyl groups is 1. The quantitative estimate of drug-likeness (QED) is 0.114. The second-order valence-electron chi connectivity index (χ2n) is 11.6. The summed E-state index contributed by atoms with van der Waals surface area (Å²) in [7, 11) is 0. The lowest BCUT2D eigenvalue weighted by atomic mass is 9.92. The highest BCUT2D eigenvalue weighted by molar-refractivity contribution is 6.19. The number of hydrogen-bond donors (Lipinski definition) is 4. The first kappa shape index (κ1) is 31.3. The van der Waals surface area contributed by atoms with E-state index in [2.05, 4.69) is 20.6 Å². The van der Waals surface area contributed by atoms with Crippen molar-refractivity contribution in [2.45, 2.75) is 19.4 Å². The number of aliphatic hydroxyl groups is 1. The van der Waals surface area contributed by atoms with Crippen LogP contribution in [0.5, 0.6) is 5.75 Å². The molecule has 13 heteroatoms. The first-order valence-electron chi connectivity index (χ1n) is 15.5. The van der Waals surface area contributed by atoms with Crippen LogP contribution < -0.4 is 10.2 Å². The van der Waals surface area contributed by atoms with Gasteiger partial charge < -0.3 is 30.2 Å². The van der Waals surface area contributed by atoms with Gasteiger partial charge in [0.1, 0.15) is 11.6 Å². The molecule has 1 unspecified atom stereocenters. The molecule has 4 N–H and O–H groups in total. The summed E-state index contributed by atoms with van der Waals surface area (Å²) in [4.78, 5) is 36.4. The van der Waals surface area contributed by atoms with Gasteiger partial charge in [-0.05, 0) is 65.9 Å². The zero-order chi connectivity index (χ0) is 33.4. The Hall–Kier alpha value is -5.30. The number of imidazole rings is 1. The predicted molar refractivity (Wildman–Crippen MR) is 183 cm³/mol. The highest BCUT2D eigenvalue weighted by Crippen LogP contribution is 2.46.